The third kappa shape index (κ3) is 5.39. The van der Waals surface area contributed by atoms with Gasteiger partial charge in [0.25, 0.3) is 5.91 Å². The molecule has 0 atom stereocenters. The van der Waals surface area contributed by atoms with Crippen molar-refractivity contribution in [3.05, 3.63) is 46.0 Å². The van der Waals surface area contributed by atoms with Crippen LogP contribution in [0.25, 0.3) is 10.6 Å². The smallest absolute Gasteiger partial charge is 0.275 e. The average molecular weight is 471 g/mol. The molecule has 3 aromatic rings. The van der Waals surface area contributed by atoms with Crippen LogP contribution in [0.1, 0.15) is 41.2 Å². The topological polar surface area (TPSA) is 108 Å². The summed E-state index contributed by atoms with van der Waals surface area (Å²) in [5, 5.41) is 15.9. The van der Waals surface area contributed by atoms with Gasteiger partial charge in [0.05, 0.1) is 11.9 Å². The zero-order chi connectivity index (χ0) is 22.5. The molecule has 32 heavy (non-hydrogen) atoms. The number of nitrogens with zero attached hydrogens (tertiary/aromatic N) is 2. The minimum absolute atomic E-state index is 0.0305. The Hall–Kier alpha value is -2.66. The van der Waals surface area contributed by atoms with Crippen molar-refractivity contribution in [1.29, 1.82) is 0 Å². The number of amides is 2. The van der Waals surface area contributed by atoms with E-state index >= 15 is 0 Å². The van der Waals surface area contributed by atoms with E-state index in [-0.39, 0.29) is 11.8 Å². The molecule has 3 aromatic heterocycles. The summed E-state index contributed by atoms with van der Waals surface area (Å²) in [5.41, 5.74) is 3.12. The summed E-state index contributed by atoms with van der Waals surface area (Å²) in [6, 6.07) is 3.88. The molecule has 1 aliphatic heterocycles. The number of rotatable bonds is 8. The maximum absolute atomic E-state index is 12.6. The second-order valence-electron chi connectivity index (χ2n) is 7.78. The van der Waals surface area contributed by atoms with E-state index in [1.54, 1.807) is 41.2 Å². The van der Waals surface area contributed by atoms with Crippen LogP contribution in [0.4, 0.5) is 10.7 Å². The van der Waals surface area contributed by atoms with E-state index in [1.807, 2.05) is 0 Å². The molecule has 0 saturated heterocycles. The average Bonchev–Trinajstić information content (AvgIpc) is 3.38. The summed E-state index contributed by atoms with van der Waals surface area (Å²) in [5.74, 6) is -0.311. The van der Waals surface area contributed by atoms with Crippen molar-refractivity contribution >= 4 is 45.2 Å². The summed E-state index contributed by atoms with van der Waals surface area (Å²) in [4.78, 5) is 35.0. The number of thiophene rings is 1. The molecule has 0 radical (unpaired) electrons. The number of fused-ring (bicyclic) bond motifs is 1. The van der Waals surface area contributed by atoms with Gasteiger partial charge in [-0.15, -0.1) is 22.7 Å². The molecule has 168 valence electrons. The summed E-state index contributed by atoms with van der Waals surface area (Å²) in [6.45, 7) is 6.39. The third-order valence-corrected chi connectivity index (χ3v) is 6.96. The standard InChI is InChI=1S/C22H26N6O2S2/c1-13(2)25-9-6-18(29)28-22-19(15-5-8-24-11-17(15)32-22)21-27-16(12-31-21)20(30)26-14-4-3-7-23-10-14/h3-4,7,10,12-13,24-25H,5-6,8-9,11H2,1-2H3,(H,26,30)(H,28,29). The largest absolute Gasteiger partial charge is 0.319 e. The molecule has 0 unspecified atom stereocenters. The number of carbonyl (C=O) groups excluding carboxylic acids is 2. The Bertz CT molecular complexity index is 1090. The fourth-order valence-electron chi connectivity index (χ4n) is 3.44. The summed E-state index contributed by atoms with van der Waals surface area (Å²) >= 11 is 3.01. The van der Waals surface area contributed by atoms with Gasteiger partial charge in [0.1, 0.15) is 15.7 Å². The molecule has 0 fully saturated rings. The number of thiazole rings is 1. The predicted octanol–water partition coefficient (Wildman–Crippen LogP) is 3.49. The molecule has 0 spiro atoms. The van der Waals surface area contributed by atoms with Gasteiger partial charge in [-0.2, -0.15) is 0 Å². The van der Waals surface area contributed by atoms with Crippen LogP contribution in [-0.2, 0) is 17.8 Å². The molecule has 0 aliphatic carbocycles. The van der Waals surface area contributed by atoms with Crippen molar-refractivity contribution < 1.29 is 9.59 Å². The zero-order valence-electron chi connectivity index (χ0n) is 18.0. The van der Waals surface area contributed by atoms with Gasteiger partial charge >= 0.3 is 0 Å². The Balaban J connectivity index is 1.55. The Morgan fingerprint density at radius 3 is 2.94 bits per heavy atom. The lowest BCUT2D eigenvalue weighted by atomic mass is 10.0. The Kier molecular flexibility index (Phi) is 7.26. The van der Waals surface area contributed by atoms with Gasteiger partial charge < -0.3 is 21.3 Å². The van der Waals surface area contributed by atoms with E-state index in [2.05, 4.69) is 45.1 Å². The number of pyridine rings is 1. The maximum Gasteiger partial charge on any atom is 0.275 e. The first-order valence-electron chi connectivity index (χ1n) is 10.6. The van der Waals surface area contributed by atoms with Crippen LogP contribution in [0, 0.1) is 0 Å². The molecule has 4 rings (SSSR count). The van der Waals surface area contributed by atoms with Crippen LogP contribution in [0.5, 0.6) is 0 Å². The van der Waals surface area contributed by atoms with Gasteiger partial charge in [0, 0.05) is 47.6 Å². The van der Waals surface area contributed by atoms with E-state index in [0.29, 0.717) is 30.4 Å². The van der Waals surface area contributed by atoms with E-state index in [9.17, 15) is 9.59 Å². The first kappa shape index (κ1) is 22.5. The van der Waals surface area contributed by atoms with Gasteiger partial charge in [-0.1, -0.05) is 13.8 Å². The molecule has 0 saturated carbocycles. The molecule has 0 aromatic carbocycles. The predicted molar refractivity (Wildman–Crippen MR) is 129 cm³/mol. The van der Waals surface area contributed by atoms with Gasteiger partial charge in [0.2, 0.25) is 5.91 Å². The van der Waals surface area contributed by atoms with Crippen LogP contribution in [0.2, 0.25) is 0 Å². The second-order valence-corrected chi connectivity index (χ2v) is 9.74. The van der Waals surface area contributed by atoms with Crippen LogP contribution < -0.4 is 21.3 Å². The van der Waals surface area contributed by atoms with Crippen molar-refractivity contribution in [2.75, 3.05) is 23.7 Å². The first-order chi connectivity index (χ1) is 15.5. The van der Waals surface area contributed by atoms with Gasteiger partial charge in [0.15, 0.2) is 0 Å². The lowest BCUT2D eigenvalue weighted by molar-refractivity contribution is -0.116. The lowest BCUT2D eigenvalue weighted by Crippen LogP contribution is -2.27. The molecular weight excluding hydrogens is 444 g/mol. The van der Waals surface area contributed by atoms with Crippen LogP contribution >= 0.6 is 22.7 Å². The highest BCUT2D eigenvalue weighted by Gasteiger charge is 2.25. The molecular formula is C22H26N6O2S2. The monoisotopic (exact) mass is 470 g/mol. The minimum atomic E-state index is -0.281. The SMILES string of the molecule is CC(C)NCCC(=O)Nc1sc2c(c1-c1nc(C(=O)Nc3cccnc3)cs1)CCNC2. The van der Waals surface area contributed by atoms with Crippen molar-refractivity contribution in [2.45, 2.75) is 39.3 Å². The number of hydrogen-bond acceptors (Lipinski definition) is 8. The van der Waals surface area contributed by atoms with E-state index < -0.39 is 0 Å². The van der Waals surface area contributed by atoms with Crippen molar-refractivity contribution in [3.8, 4) is 10.6 Å². The van der Waals surface area contributed by atoms with E-state index in [4.69, 9.17) is 0 Å². The van der Waals surface area contributed by atoms with Crippen LogP contribution in [0.3, 0.4) is 0 Å². The van der Waals surface area contributed by atoms with Crippen LogP contribution in [-0.4, -0.2) is 40.9 Å². The quantitative estimate of drug-likeness (QED) is 0.401. The number of anilines is 2. The van der Waals surface area contributed by atoms with Gasteiger partial charge in [-0.25, -0.2) is 4.98 Å². The highest BCUT2D eigenvalue weighted by Crippen LogP contribution is 2.43. The number of nitrogens with one attached hydrogen (secondary N) is 4. The summed E-state index contributed by atoms with van der Waals surface area (Å²) < 4.78 is 0. The van der Waals surface area contributed by atoms with Crippen molar-refractivity contribution in [1.82, 2.24) is 20.6 Å². The third-order valence-electron chi connectivity index (χ3n) is 4.96. The molecule has 2 amide bonds. The maximum atomic E-state index is 12.6. The molecule has 10 heteroatoms. The molecule has 0 bridgehead atoms. The van der Waals surface area contributed by atoms with Crippen molar-refractivity contribution in [3.63, 3.8) is 0 Å². The minimum Gasteiger partial charge on any atom is -0.319 e. The lowest BCUT2D eigenvalue weighted by Gasteiger charge is -2.13. The van der Waals surface area contributed by atoms with Gasteiger partial charge in [-0.3, -0.25) is 14.6 Å². The van der Waals surface area contributed by atoms with E-state index in [1.165, 1.54) is 21.8 Å². The Morgan fingerprint density at radius 2 is 2.16 bits per heavy atom. The molecule has 1 aliphatic rings. The normalized spacial score (nSPS) is 13.1. The second kappa shape index (κ2) is 10.3. The molecule has 4 N–H and O–H groups in total. The zero-order valence-corrected chi connectivity index (χ0v) is 19.7. The molecule has 8 nitrogen and oxygen atoms in total. The van der Waals surface area contributed by atoms with Gasteiger partial charge in [-0.05, 0) is 30.7 Å². The highest BCUT2D eigenvalue weighted by atomic mass is 32.1. The van der Waals surface area contributed by atoms with Crippen molar-refractivity contribution in [2.24, 2.45) is 0 Å². The summed E-state index contributed by atoms with van der Waals surface area (Å²) in [6.07, 6.45) is 4.51. The Labute approximate surface area is 194 Å². The van der Waals surface area contributed by atoms with Crippen LogP contribution in [0.15, 0.2) is 29.9 Å². The summed E-state index contributed by atoms with van der Waals surface area (Å²) in [7, 11) is 0. The fourth-order valence-corrected chi connectivity index (χ4v) is 5.61. The van der Waals surface area contributed by atoms with E-state index in [0.717, 1.165) is 35.1 Å². The number of aromatic nitrogens is 2. The highest BCUT2D eigenvalue weighted by molar-refractivity contribution is 7.18. The fraction of sp³-hybridized carbons (Fsp3) is 0.364. The first-order valence-corrected chi connectivity index (χ1v) is 12.3. The Morgan fingerprint density at radius 1 is 1.28 bits per heavy atom. The number of carbonyl (C=O) groups is 2. The molecule has 4 heterocycles. The number of hydrogen-bond donors (Lipinski definition) is 4.